The summed E-state index contributed by atoms with van der Waals surface area (Å²) in [6, 6.07) is 7.14. The van der Waals surface area contributed by atoms with Crippen molar-refractivity contribution in [1.82, 2.24) is 4.31 Å². The van der Waals surface area contributed by atoms with Gasteiger partial charge in [-0.2, -0.15) is 13.2 Å². The van der Waals surface area contributed by atoms with Crippen molar-refractivity contribution in [3.63, 3.8) is 0 Å². The fraction of sp³-hybridized carbons (Fsp3) is 0.263. The van der Waals surface area contributed by atoms with Gasteiger partial charge in [0.2, 0.25) is 11.8 Å². The van der Waals surface area contributed by atoms with Crippen LogP contribution in [0.25, 0.3) is 0 Å². The average Bonchev–Trinajstić information content (AvgIpc) is 3.05. The molecule has 1 fully saturated rings. The van der Waals surface area contributed by atoms with Crippen molar-refractivity contribution in [2.45, 2.75) is 36.9 Å². The predicted octanol–water partition coefficient (Wildman–Crippen LogP) is 3.99. The van der Waals surface area contributed by atoms with E-state index in [0.717, 1.165) is 17.7 Å². The second-order valence-corrected chi connectivity index (χ2v) is 8.97. The SMILES string of the molecule is Cc1ccc(S(=O)(=O)N2C(=O)CCC2C(=O)Nc2ccc(Cl)c(C(F)(F)F)c2)cc1. The van der Waals surface area contributed by atoms with Crippen LogP contribution in [0.2, 0.25) is 5.02 Å². The largest absolute Gasteiger partial charge is 0.417 e. The Labute approximate surface area is 175 Å². The summed E-state index contributed by atoms with van der Waals surface area (Å²) >= 11 is 5.56. The molecule has 1 aliphatic rings. The number of hydrogen-bond donors (Lipinski definition) is 1. The number of halogens is 4. The molecule has 1 saturated heterocycles. The molecule has 6 nitrogen and oxygen atoms in total. The number of nitrogens with zero attached hydrogens (tertiary/aromatic N) is 1. The highest BCUT2D eigenvalue weighted by Gasteiger charge is 2.44. The van der Waals surface area contributed by atoms with Gasteiger partial charge in [0.15, 0.2) is 0 Å². The van der Waals surface area contributed by atoms with Gasteiger partial charge in [-0.3, -0.25) is 9.59 Å². The van der Waals surface area contributed by atoms with Crippen LogP contribution >= 0.6 is 11.6 Å². The Hall–Kier alpha value is -2.59. The van der Waals surface area contributed by atoms with E-state index in [-0.39, 0.29) is 23.4 Å². The second kappa shape index (κ2) is 7.92. The lowest BCUT2D eigenvalue weighted by molar-refractivity contribution is -0.137. The third-order valence-corrected chi connectivity index (χ3v) is 6.75. The number of anilines is 1. The lowest BCUT2D eigenvalue weighted by atomic mass is 10.1. The van der Waals surface area contributed by atoms with E-state index in [1.165, 1.54) is 12.1 Å². The first-order valence-electron chi connectivity index (χ1n) is 8.73. The number of aryl methyl sites for hydroxylation is 1. The van der Waals surface area contributed by atoms with Crippen LogP contribution in [0.5, 0.6) is 0 Å². The monoisotopic (exact) mass is 460 g/mol. The van der Waals surface area contributed by atoms with Gasteiger partial charge in [-0.15, -0.1) is 0 Å². The van der Waals surface area contributed by atoms with E-state index in [1.807, 2.05) is 0 Å². The fourth-order valence-electron chi connectivity index (χ4n) is 3.07. The summed E-state index contributed by atoms with van der Waals surface area (Å²) < 4.78 is 65.4. The lowest BCUT2D eigenvalue weighted by Crippen LogP contribution is -2.45. The van der Waals surface area contributed by atoms with Gasteiger partial charge in [-0.1, -0.05) is 29.3 Å². The minimum Gasteiger partial charge on any atom is -0.324 e. The topological polar surface area (TPSA) is 83.6 Å². The first-order valence-corrected chi connectivity index (χ1v) is 10.5. The summed E-state index contributed by atoms with van der Waals surface area (Å²) in [6.07, 6.45) is -5.00. The van der Waals surface area contributed by atoms with Crippen molar-refractivity contribution < 1.29 is 31.2 Å². The number of nitrogens with one attached hydrogen (secondary N) is 1. The molecule has 2 amide bonds. The van der Waals surface area contributed by atoms with Gasteiger partial charge in [0.05, 0.1) is 15.5 Å². The Kier molecular flexibility index (Phi) is 5.83. The molecule has 0 radical (unpaired) electrons. The Balaban J connectivity index is 1.89. The van der Waals surface area contributed by atoms with Crippen LogP contribution < -0.4 is 5.32 Å². The molecular weight excluding hydrogens is 445 g/mol. The van der Waals surface area contributed by atoms with Crippen LogP contribution in [0.1, 0.15) is 24.0 Å². The summed E-state index contributed by atoms with van der Waals surface area (Å²) in [5.74, 6) is -1.67. The number of sulfonamides is 1. The summed E-state index contributed by atoms with van der Waals surface area (Å²) in [4.78, 5) is 24.8. The number of rotatable bonds is 4. The highest BCUT2D eigenvalue weighted by Crippen LogP contribution is 2.36. The number of alkyl halides is 3. The molecule has 0 bridgehead atoms. The van der Waals surface area contributed by atoms with Crippen LogP contribution in [0.3, 0.4) is 0 Å². The highest BCUT2D eigenvalue weighted by molar-refractivity contribution is 7.89. The summed E-state index contributed by atoms with van der Waals surface area (Å²) in [5.41, 5.74) is -0.559. The van der Waals surface area contributed by atoms with Crippen molar-refractivity contribution in [3.8, 4) is 0 Å². The van der Waals surface area contributed by atoms with Crippen molar-refractivity contribution in [2.75, 3.05) is 5.32 Å². The predicted molar refractivity (Wildman–Crippen MR) is 103 cm³/mol. The molecule has 160 valence electrons. The van der Waals surface area contributed by atoms with Crippen molar-refractivity contribution in [1.29, 1.82) is 0 Å². The van der Waals surface area contributed by atoms with Gasteiger partial charge in [0.25, 0.3) is 10.0 Å². The molecule has 0 aromatic heterocycles. The van der Waals surface area contributed by atoms with Crippen molar-refractivity contribution >= 4 is 39.1 Å². The van der Waals surface area contributed by atoms with E-state index < -0.39 is 44.6 Å². The number of amides is 2. The van der Waals surface area contributed by atoms with Crippen molar-refractivity contribution in [3.05, 3.63) is 58.6 Å². The molecule has 1 unspecified atom stereocenters. The molecule has 2 aromatic rings. The molecule has 1 N–H and O–H groups in total. The Bertz CT molecular complexity index is 1100. The maximum atomic E-state index is 13.0. The number of carbonyl (C=O) groups excluding carboxylic acids is 2. The molecule has 30 heavy (non-hydrogen) atoms. The Morgan fingerprint density at radius 2 is 1.80 bits per heavy atom. The molecule has 1 aliphatic heterocycles. The van der Waals surface area contributed by atoms with Crippen LogP contribution in [-0.2, 0) is 25.8 Å². The molecular formula is C19H16ClF3N2O4S. The third kappa shape index (κ3) is 4.29. The van der Waals surface area contributed by atoms with Crippen molar-refractivity contribution in [2.24, 2.45) is 0 Å². The minimum absolute atomic E-state index is 0.0878. The normalized spacial score (nSPS) is 17.3. The van der Waals surface area contributed by atoms with E-state index in [0.29, 0.717) is 10.4 Å². The van der Waals surface area contributed by atoms with Crippen LogP contribution in [0, 0.1) is 6.92 Å². The molecule has 11 heteroatoms. The zero-order valence-electron chi connectivity index (χ0n) is 15.5. The first-order chi connectivity index (χ1) is 13.9. The van der Waals surface area contributed by atoms with Crippen LogP contribution in [-0.4, -0.2) is 30.6 Å². The molecule has 3 rings (SSSR count). The summed E-state index contributed by atoms with van der Waals surface area (Å²) in [6.45, 7) is 1.76. The number of carbonyl (C=O) groups is 2. The van der Waals surface area contributed by atoms with Gasteiger partial charge in [0.1, 0.15) is 6.04 Å². The standard InChI is InChI=1S/C19H16ClF3N2O4S/c1-11-2-5-13(6-3-11)30(28,29)25-16(8-9-17(25)26)18(27)24-12-4-7-15(20)14(10-12)19(21,22)23/h2-7,10,16H,8-9H2,1H3,(H,24,27). The van der Waals surface area contributed by atoms with Gasteiger partial charge >= 0.3 is 6.18 Å². The summed E-state index contributed by atoms with van der Waals surface area (Å²) in [7, 11) is -4.31. The van der Waals surface area contributed by atoms with E-state index in [4.69, 9.17) is 11.6 Å². The van der Waals surface area contributed by atoms with E-state index in [9.17, 15) is 31.2 Å². The molecule has 0 saturated carbocycles. The quantitative estimate of drug-likeness (QED) is 0.748. The third-order valence-electron chi connectivity index (χ3n) is 4.58. The minimum atomic E-state index is -4.73. The number of benzene rings is 2. The number of hydrogen-bond acceptors (Lipinski definition) is 4. The second-order valence-electron chi connectivity index (χ2n) is 6.74. The van der Waals surface area contributed by atoms with Crippen LogP contribution in [0.4, 0.5) is 18.9 Å². The lowest BCUT2D eigenvalue weighted by Gasteiger charge is -2.24. The van der Waals surface area contributed by atoms with E-state index in [2.05, 4.69) is 5.32 Å². The van der Waals surface area contributed by atoms with Gasteiger partial charge < -0.3 is 5.32 Å². The van der Waals surface area contributed by atoms with Gasteiger partial charge in [-0.05, 0) is 43.7 Å². The molecule has 1 atom stereocenters. The maximum absolute atomic E-state index is 13.0. The smallest absolute Gasteiger partial charge is 0.324 e. The molecule has 2 aromatic carbocycles. The highest BCUT2D eigenvalue weighted by atomic mass is 35.5. The van der Waals surface area contributed by atoms with E-state index >= 15 is 0 Å². The molecule has 1 heterocycles. The van der Waals surface area contributed by atoms with Gasteiger partial charge in [0, 0.05) is 12.1 Å². The molecule has 0 spiro atoms. The fourth-order valence-corrected chi connectivity index (χ4v) is 4.90. The average molecular weight is 461 g/mol. The van der Waals surface area contributed by atoms with Crippen LogP contribution in [0.15, 0.2) is 47.4 Å². The zero-order valence-corrected chi connectivity index (χ0v) is 17.1. The summed E-state index contributed by atoms with van der Waals surface area (Å²) in [5, 5.41) is 1.71. The Morgan fingerprint density at radius 3 is 2.40 bits per heavy atom. The van der Waals surface area contributed by atoms with Gasteiger partial charge in [-0.25, -0.2) is 12.7 Å². The Morgan fingerprint density at radius 1 is 1.17 bits per heavy atom. The van der Waals surface area contributed by atoms with E-state index in [1.54, 1.807) is 19.1 Å². The first kappa shape index (κ1) is 22.1. The zero-order chi connectivity index (χ0) is 22.3. The maximum Gasteiger partial charge on any atom is 0.417 e. The molecule has 0 aliphatic carbocycles.